The number of aromatic carboxylic acids is 1. The number of sulfonamides is 1. The fourth-order valence-corrected chi connectivity index (χ4v) is 1.97. The van der Waals surface area contributed by atoms with Gasteiger partial charge >= 0.3 is 5.97 Å². The summed E-state index contributed by atoms with van der Waals surface area (Å²) >= 11 is 0. The average molecular weight is 271 g/mol. The van der Waals surface area contributed by atoms with Crippen molar-refractivity contribution in [2.24, 2.45) is 0 Å². The first kappa shape index (κ1) is 12.7. The maximum absolute atomic E-state index is 11.2. The largest absolute Gasteiger partial charge is 0.488 e. The van der Waals surface area contributed by atoms with Gasteiger partial charge in [-0.25, -0.2) is 13.2 Å². The van der Waals surface area contributed by atoms with Crippen LogP contribution in [0.2, 0.25) is 0 Å². The molecule has 98 valence electrons. The van der Waals surface area contributed by atoms with Gasteiger partial charge in [0.05, 0.1) is 23.6 Å². The van der Waals surface area contributed by atoms with Crippen LogP contribution in [0.1, 0.15) is 23.2 Å². The summed E-state index contributed by atoms with van der Waals surface area (Å²) in [6, 6.07) is 4.10. The Bertz CT molecular complexity index is 577. The Morgan fingerprint density at radius 3 is 2.61 bits per heavy atom. The first-order chi connectivity index (χ1) is 8.35. The number of benzene rings is 1. The molecule has 0 radical (unpaired) electrons. The molecule has 1 aromatic carbocycles. The van der Waals surface area contributed by atoms with E-state index in [0.717, 1.165) is 19.1 Å². The third-order valence-electron chi connectivity index (χ3n) is 2.34. The van der Waals surface area contributed by atoms with E-state index in [-0.39, 0.29) is 17.4 Å². The summed E-state index contributed by atoms with van der Waals surface area (Å²) in [5.74, 6) is -0.766. The van der Waals surface area contributed by atoms with Crippen molar-refractivity contribution in [3.05, 3.63) is 23.8 Å². The summed E-state index contributed by atoms with van der Waals surface area (Å²) in [6.45, 7) is 0. The van der Waals surface area contributed by atoms with Crippen LogP contribution >= 0.6 is 0 Å². The Balaban J connectivity index is 2.35. The van der Waals surface area contributed by atoms with Gasteiger partial charge in [0.1, 0.15) is 5.75 Å². The van der Waals surface area contributed by atoms with Crippen molar-refractivity contribution in [1.82, 2.24) is 0 Å². The molecular formula is C11H13NO5S. The Labute approximate surface area is 105 Å². The Kier molecular flexibility index (Phi) is 3.16. The van der Waals surface area contributed by atoms with Crippen LogP contribution in [-0.2, 0) is 10.0 Å². The quantitative estimate of drug-likeness (QED) is 0.842. The van der Waals surface area contributed by atoms with Crippen molar-refractivity contribution < 1.29 is 23.1 Å². The lowest BCUT2D eigenvalue weighted by Crippen LogP contribution is -2.12. The molecule has 2 rings (SSSR count). The summed E-state index contributed by atoms with van der Waals surface area (Å²) in [7, 11) is -3.48. The van der Waals surface area contributed by atoms with E-state index in [4.69, 9.17) is 9.84 Å². The van der Waals surface area contributed by atoms with Crippen molar-refractivity contribution >= 4 is 21.7 Å². The van der Waals surface area contributed by atoms with Gasteiger partial charge in [-0.05, 0) is 31.0 Å². The normalized spacial score (nSPS) is 15.2. The molecular weight excluding hydrogens is 258 g/mol. The van der Waals surface area contributed by atoms with E-state index in [0.29, 0.717) is 5.75 Å². The molecule has 1 saturated carbocycles. The van der Waals surface area contributed by atoms with E-state index in [1.165, 1.54) is 18.2 Å². The molecule has 0 atom stereocenters. The van der Waals surface area contributed by atoms with E-state index in [1.807, 2.05) is 0 Å². The van der Waals surface area contributed by atoms with E-state index in [9.17, 15) is 13.2 Å². The topological polar surface area (TPSA) is 92.7 Å². The van der Waals surface area contributed by atoms with Gasteiger partial charge in [0, 0.05) is 0 Å². The number of carboxylic acids is 1. The minimum absolute atomic E-state index is 0.00398. The zero-order valence-corrected chi connectivity index (χ0v) is 10.5. The van der Waals surface area contributed by atoms with Crippen LogP contribution in [0.5, 0.6) is 5.75 Å². The molecule has 1 aliphatic carbocycles. The molecule has 1 aliphatic rings. The maximum atomic E-state index is 11.2. The lowest BCUT2D eigenvalue weighted by molar-refractivity contribution is 0.0697. The predicted molar refractivity (Wildman–Crippen MR) is 65.5 cm³/mol. The van der Waals surface area contributed by atoms with E-state index in [2.05, 4.69) is 4.72 Å². The van der Waals surface area contributed by atoms with Crippen molar-refractivity contribution in [3.63, 3.8) is 0 Å². The fourth-order valence-electron chi connectivity index (χ4n) is 1.41. The lowest BCUT2D eigenvalue weighted by Gasteiger charge is -2.12. The smallest absolute Gasteiger partial charge is 0.335 e. The monoisotopic (exact) mass is 271 g/mol. The highest BCUT2D eigenvalue weighted by Gasteiger charge is 2.25. The molecule has 1 fully saturated rings. The van der Waals surface area contributed by atoms with Crippen LogP contribution in [0.15, 0.2) is 18.2 Å². The van der Waals surface area contributed by atoms with Crippen molar-refractivity contribution in [3.8, 4) is 5.75 Å². The van der Waals surface area contributed by atoms with Gasteiger partial charge in [0.25, 0.3) is 0 Å². The second kappa shape index (κ2) is 4.49. The summed E-state index contributed by atoms with van der Waals surface area (Å²) in [5, 5.41) is 8.87. The molecule has 0 heterocycles. The van der Waals surface area contributed by atoms with Crippen molar-refractivity contribution in [2.45, 2.75) is 18.9 Å². The highest BCUT2D eigenvalue weighted by molar-refractivity contribution is 7.92. The molecule has 0 saturated heterocycles. The molecule has 0 unspecified atom stereocenters. The van der Waals surface area contributed by atoms with Gasteiger partial charge in [0.2, 0.25) is 10.0 Å². The molecule has 0 amide bonds. The van der Waals surface area contributed by atoms with E-state index < -0.39 is 16.0 Å². The number of carboxylic acid groups (broad SMARTS) is 1. The second-order valence-electron chi connectivity index (χ2n) is 4.21. The summed E-state index contributed by atoms with van der Waals surface area (Å²) in [6.07, 6.45) is 2.96. The first-order valence-corrected chi connectivity index (χ1v) is 7.26. The molecule has 7 heteroatoms. The van der Waals surface area contributed by atoms with Gasteiger partial charge in [-0.3, -0.25) is 4.72 Å². The van der Waals surface area contributed by atoms with Gasteiger partial charge in [0.15, 0.2) is 0 Å². The second-order valence-corrected chi connectivity index (χ2v) is 5.96. The molecule has 6 nitrogen and oxygen atoms in total. The molecule has 2 N–H and O–H groups in total. The van der Waals surface area contributed by atoms with E-state index in [1.54, 1.807) is 0 Å². The third kappa shape index (κ3) is 3.36. The number of rotatable bonds is 5. The number of hydrogen-bond acceptors (Lipinski definition) is 4. The fraction of sp³-hybridized carbons (Fsp3) is 0.364. The Morgan fingerprint density at radius 1 is 1.44 bits per heavy atom. The molecule has 0 aliphatic heterocycles. The highest BCUT2D eigenvalue weighted by atomic mass is 32.2. The van der Waals surface area contributed by atoms with Gasteiger partial charge < -0.3 is 9.84 Å². The number of carbonyl (C=O) groups is 1. The zero-order chi connectivity index (χ0) is 13.3. The SMILES string of the molecule is CS(=O)(=O)Nc1cc(C(=O)O)ccc1OC1CC1. The lowest BCUT2D eigenvalue weighted by atomic mass is 10.2. The van der Waals surface area contributed by atoms with Crippen LogP contribution in [0.3, 0.4) is 0 Å². The maximum Gasteiger partial charge on any atom is 0.335 e. The van der Waals surface area contributed by atoms with Gasteiger partial charge in [-0.15, -0.1) is 0 Å². The van der Waals surface area contributed by atoms with E-state index >= 15 is 0 Å². The molecule has 0 bridgehead atoms. The van der Waals surface area contributed by atoms with Crippen LogP contribution < -0.4 is 9.46 Å². The molecule has 18 heavy (non-hydrogen) atoms. The predicted octanol–water partition coefficient (Wildman–Crippen LogP) is 1.30. The number of ether oxygens (including phenoxy) is 1. The van der Waals surface area contributed by atoms with Crippen LogP contribution in [-0.4, -0.2) is 31.9 Å². The highest BCUT2D eigenvalue weighted by Crippen LogP contribution is 2.33. The van der Waals surface area contributed by atoms with Crippen LogP contribution in [0.25, 0.3) is 0 Å². The Hall–Kier alpha value is -1.76. The first-order valence-electron chi connectivity index (χ1n) is 5.37. The minimum Gasteiger partial charge on any atom is -0.488 e. The number of nitrogens with one attached hydrogen (secondary N) is 1. The molecule has 0 aromatic heterocycles. The number of anilines is 1. The average Bonchev–Trinajstić information content (AvgIpc) is 3.02. The minimum atomic E-state index is -3.48. The number of hydrogen-bond donors (Lipinski definition) is 2. The molecule has 0 spiro atoms. The van der Waals surface area contributed by atoms with Gasteiger partial charge in [-0.1, -0.05) is 0 Å². The van der Waals surface area contributed by atoms with Gasteiger partial charge in [-0.2, -0.15) is 0 Å². The third-order valence-corrected chi connectivity index (χ3v) is 2.93. The Morgan fingerprint density at radius 2 is 2.11 bits per heavy atom. The van der Waals surface area contributed by atoms with Crippen LogP contribution in [0.4, 0.5) is 5.69 Å². The van der Waals surface area contributed by atoms with Crippen molar-refractivity contribution in [1.29, 1.82) is 0 Å². The summed E-state index contributed by atoms with van der Waals surface area (Å²) in [4.78, 5) is 10.8. The zero-order valence-electron chi connectivity index (χ0n) is 9.71. The summed E-state index contributed by atoms with van der Waals surface area (Å²) < 4.78 is 30.2. The summed E-state index contributed by atoms with van der Waals surface area (Å²) in [5.41, 5.74) is 0.161. The standard InChI is InChI=1S/C11H13NO5S/c1-18(15,16)12-9-6-7(11(13)14)2-5-10(9)17-8-3-4-8/h2,5-6,8,12H,3-4H2,1H3,(H,13,14). The van der Waals surface area contributed by atoms with Crippen molar-refractivity contribution in [2.75, 3.05) is 11.0 Å². The van der Waals surface area contributed by atoms with Crippen LogP contribution in [0, 0.1) is 0 Å². The molecule has 1 aromatic rings.